The summed E-state index contributed by atoms with van der Waals surface area (Å²) in [4.78, 5) is 24.9. The van der Waals surface area contributed by atoms with Crippen molar-refractivity contribution in [1.29, 1.82) is 0 Å². The average molecular weight is 389 g/mol. The van der Waals surface area contributed by atoms with E-state index in [0.29, 0.717) is 39.7 Å². The lowest BCUT2D eigenvalue weighted by molar-refractivity contribution is -0.120. The van der Waals surface area contributed by atoms with Crippen molar-refractivity contribution >= 4 is 29.3 Å². The number of hydrogen-bond donors (Lipinski definition) is 0. The zero-order chi connectivity index (χ0) is 19.8. The molecule has 27 heavy (non-hydrogen) atoms. The maximum absolute atomic E-state index is 12.6. The first-order valence-electron chi connectivity index (χ1n) is 8.62. The van der Waals surface area contributed by atoms with Gasteiger partial charge in [0.25, 0.3) is 5.56 Å². The maximum atomic E-state index is 12.6. The number of hydrogen-bond acceptors (Lipinski definition) is 6. The highest BCUT2D eigenvalue weighted by atomic mass is 32.1. The van der Waals surface area contributed by atoms with E-state index >= 15 is 0 Å². The largest absolute Gasteiger partial charge is 0.493 e. The second-order valence-electron chi connectivity index (χ2n) is 7.32. The van der Waals surface area contributed by atoms with Crippen molar-refractivity contribution < 1.29 is 19.0 Å². The Morgan fingerprint density at radius 2 is 1.96 bits per heavy atom. The van der Waals surface area contributed by atoms with Gasteiger partial charge in [-0.25, -0.2) is 0 Å². The second kappa shape index (κ2) is 7.23. The molecule has 0 N–H and O–H groups in total. The third-order valence-electron chi connectivity index (χ3n) is 4.20. The van der Waals surface area contributed by atoms with Gasteiger partial charge < -0.3 is 18.8 Å². The summed E-state index contributed by atoms with van der Waals surface area (Å²) in [6.45, 7) is 6.50. The van der Waals surface area contributed by atoms with Crippen LogP contribution in [0.3, 0.4) is 0 Å². The minimum atomic E-state index is -0.493. The number of ether oxygens (including phenoxy) is 3. The third kappa shape index (κ3) is 3.93. The predicted octanol–water partition coefficient (Wildman–Crippen LogP) is 1.45. The summed E-state index contributed by atoms with van der Waals surface area (Å²) in [5, 5.41) is 0. The standard InChI is InChI=1S/C20H23NO5S/c1-20(2,3)16(22)11-17-21(4)19(23)15(27-17)10-12-8-13(24-5)18-14(9-12)25-6-7-26-18/h8-11H,6-7H2,1-5H3. The highest BCUT2D eigenvalue weighted by Crippen LogP contribution is 2.40. The molecule has 1 aromatic heterocycles. The van der Waals surface area contributed by atoms with Crippen molar-refractivity contribution in [2.24, 2.45) is 12.5 Å². The van der Waals surface area contributed by atoms with Crippen LogP contribution in [-0.2, 0) is 11.8 Å². The first-order chi connectivity index (χ1) is 12.7. The molecule has 0 fully saturated rings. The van der Waals surface area contributed by atoms with Crippen LogP contribution >= 0.6 is 11.3 Å². The molecule has 6 nitrogen and oxygen atoms in total. The van der Waals surface area contributed by atoms with Crippen LogP contribution in [0.1, 0.15) is 26.3 Å². The van der Waals surface area contributed by atoms with Crippen LogP contribution in [0.5, 0.6) is 17.2 Å². The number of thiazole rings is 1. The lowest BCUT2D eigenvalue weighted by Crippen LogP contribution is -2.30. The van der Waals surface area contributed by atoms with Crippen molar-refractivity contribution in [3.63, 3.8) is 0 Å². The van der Waals surface area contributed by atoms with Gasteiger partial charge in [0.15, 0.2) is 17.3 Å². The number of fused-ring (bicyclic) bond motifs is 1. The van der Waals surface area contributed by atoms with Crippen LogP contribution in [0.2, 0.25) is 0 Å². The van der Waals surface area contributed by atoms with Crippen LogP contribution in [0.25, 0.3) is 12.2 Å². The van der Waals surface area contributed by atoms with E-state index in [4.69, 9.17) is 14.2 Å². The number of carbonyl (C=O) groups excluding carboxylic acids is 1. The summed E-state index contributed by atoms with van der Waals surface area (Å²) >= 11 is 1.28. The minimum absolute atomic E-state index is 0.0214. The number of rotatable bonds is 3. The minimum Gasteiger partial charge on any atom is -0.493 e. The topological polar surface area (TPSA) is 66.8 Å². The first kappa shape index (κ1) is 19.2. The van der Waals surface area contributed by atoms with Gasteiger partial charge >= 0.3 is 0 Å². The third-order valence-corrected chi connectivity index (χ3v) is 5.32. The van der Waals surface area contributed by atoms with Crippen molar-refractivity contribution in [3.05, 3.63) is 37.2 Å². The fraction of sp³-hybridized carbons (Fsp3) is 0.400. The van der Waals surface area contributed by atoms with Gasteiger partial charge in [0.2, 0.25) is 5.75 Å². The number of Topliss-reactive ketones (excluding diaryl/α,β-unsaturated/α-hetero) is 1. The molecule has 0 aliphatic carbocycles. The number of nitrogens with zero attached hydrogens (tertiary/aromatic N) is 1. The summed E-state index contributed by atoms with van der Waals surface area (Å²) in [5.41, 5.74) is 0.123. The Hall–Kier alpha value is -2.54. The zero-order valence-electron chi connectivity index (χ0n) is 16.1. The Kier molecular flexibility index (Phi) is 5.15. The molecule has 144 valence electrons. The molecular formula is C20H23NO5S. The monoisotopic (exact) mass is 389 g/mol. The van der Waals surface area contributed by atoms with Crippen molar-refractivity contribution in [2.75, 3.05) is 20.3 Å². The molecule has 3 rings (SSSR count). The smallest absolute Gasteiger partial charge is 0.268 e. The Bertz CT molecular complexity index is 1040. The van der Waals surface area contributed by atoms with Gasteiger partial charge in [-0.05, 0) is 23.8 Å². The molecule has 7 heteroatoms. The van der Waals surface area contributed by atoms with E-state index in [-0.39, 0.29) is 11.3 Å². The fourth-order valence-corrected chi connectivity index (χ4v) is 3.59. The van der Waals surface area contributed by atoms with Gasteiger partial charge in [0, 0.05) is 18.5 Å². The number of benzene rings is 1. The highest BCUT2D eigenvalue weighted by molar-refractivity contribution is 7.07. The van der Waals surface area contributed by atoms with Crippen LogP contribution in [0.4, 0.5) is 0 Å². The van der Waals surface area contributed by atoms with Crippen molar-refractivity contribution in [3.8, 4) is 17.2 Å². The summed E-state index contributed by atoms with van der Waals surface area (Å²) in [7, 11) is 3.23. The highest BCUT2D eigenvalue weighted by Gasteiger charge is 2.20. The molecule has 0 saturated carbocycles. The van der Waals surface area contributed by atoms with Gasteiger partial charge in [-0.15, -0.1) is 11.3 Å². The van der Waals surface area contributed by atoms with E-state index in [1.165, 1.54) is 22.0 Å². The van der Waals surface area contributed by atoms with Crippen molar-refractivity contribution in [2.45, 2.75) is 20.8 Å². The van der Waals surface area contributed by atoms with Crippen LogP contribution in [0.15, 0.2) is 16.9 Å². The van der Waals surface area contributed by atoms with Gasteiger partial charge in [0.1, 0.15) is 17.9 Å². The SMILES string of the molecule is COc1cc(C=c2sc(=CC(=O)C(C)(C)C)n(C)c2=O)cc2c1OCCO2. The Morgan fingerprint density at radius 3 is 2.63 bits per heavy atom. The summed E-state index contributed by atoms with van der Waals surface area (Å²) in [6, 6.07) is 3.62. The van der Waals surface area contributed by atoms with Gasteiger partial charge in [-0.3, -0.25) is 9.59 Å². The molecule has 0 bridgehead atoms. The molecule has 0 radical (unpaired) electrons. The summed E-state index contributed by atoms with van der Waals surface area (Å²) < 4.78 is 19.3. The Morgan fingerprint density at radius 1 is 1.26 bits per heavy atom. The Balaban J connectivity index is 2.12. The average Bonchev–Trinajstić information content (AvgIpc) is 2.88. The first-order valence-corrected chi connectivity index (χ1v) is 9.43. The zero-order valence-corrected chi connectivity index (χ0v) is 16.9. The van der Waals surface area contributed by atoms with E-state index < -0.39 is 5.41 Å². The molecule has 2 aromatic rings. The van der Waals surface area contributed by atoms with Gasteiger partial charge in [-0.1, -0.05) is 20.8 Å². The van der Waals surface area contributed by atoms with Gasteiger partial charge in [0.05, 0.1) is 11.6 Å². The van der Waals surface area contributed by atoms with Crippen molar-refractivity contribution in [1.82, 2.24) is 4.57 Å². The molecule has 0 saturated heterocycles. The molecule has 1 aromatic carbocycles. The molecule has 0 amide bonds. The van der Waals surface area contributed by atoms with Crippen LogP contribution in [0, 0.1) is 5.41 Å². The summed E-state index contributed by atoms with van der Waals surface area (Å²) in [5.74, 6) is 1.70. The quantitative estimate of drug-likeness (QED) is 0.795. The van der Waals surface area contributed by atoms with E-state index in [1.807, 2.05) is 26.8 Å². The summed E-state index contributed by atoms with van der Waals surface area (Å²) in [6.07, 6.45) is 3.31. The van der Waals surface area contributed by atoms with E-state index in [2.05, 4.69) is 0 Å². The Labute approximate surface area is 161 Å². The van der Waals surface area contributed by atoms with Gasteiger partial charge in [-0.2, -0.15) is 0 Å². The molecular weight excluding hydrogens is 366 g/mol. The molecule has 2 heterocycles. The number of carbonyl (C=O) groups is 1. The van der Waals surface area contributed by atoms with E-state index in [0.717, 1.165) is 5.56 Å². The molecule has 0 unspecified atom stereocenters. The lowest BCUT2D eigenvalue weighted by Gasteiger charge is -2.20. The molecule has 0 spiro atoms. The predicted molar refractivity (Wildman–Crippen MR) is 105 cm³/mol. The van der Waals surface area contributed by atoms with Crippen LogP contribution < -0.4 is 29.0 Å². The van der Waals surface area contributed by atoms with E-state index in [9.17, 15) is 9.59 Å². The fourth-order valence-electron chi connectivity index (χ4n) is 2.56. The second-order valence-corrected chi connectivity index (χ2v) is 8.38. The number of aromatic nitrogens is 1. The van der Waals surface area contributed by atoms with Crippen LogP contribution in [-0.4, -0.2) is 30.7 Å². The molecule has 1 aliphatic heterocycles. The normalized spacial score (nSPS) is 15.1. The number of methoxy groups -OCH3 is 1. The lowest BCUT2D eigenvalue weighted by atomic mass is 9.91. The maximum Gasteiger partial charge on any atom is 0.268 e. The number of ketones is 1. The molecule has 1 aliphatic rings. The molecule has 0 atom stereocenters. The van der Waals surface area contributed by atoms with E-state index in [1.54, 1.807) is 26.3 Å².